The predicted molar refractivity (Wildman–Crippen MR) is 69.0 cm³/mol. The molecule has 4 nitrogen and oxygen atoms in total. The fraction of sp³-hybridized carbons (Fsp3) is 0.929. The lowest BCUT2D eigenvalue weighted by Crippen LogP contribution is -2.49. The minimum absolute atomic E-state index is 0.00512. The van der Waals surface area contributed by atoms with Gasteiger partial charge in [-0.1, -0.05) is 6.42 Å². The highest BCUT2D eigenvalue weighted by atomic mass is 16.3. The Labute approximate surface area is 109 Å². The summed E-state index contributed by atoms with van der Waals surface area (Å²) in [6.07, 6.45) is 6.69. The first-order valence-electron chi connectivity index (χ1n) is 7.37. The van der Waals surface area contributed by atoms with Crippen LogP contribution >= 0.6 is 0 Å². The molecule has 3 aliphatic rings. The van der Waals surface area contributed by atoms with Gasteiger partial charge in [-0.25, -0.2) is 4.79 Å². The van der Waals surface area contributed by atoms with Crippen molar-refractivity contribution in [3.63, 3.8) is 0 Å². The van der Waals surface area contributed by atoms with E-state index in [2.05, 4.69) is 10.6 Å². The number of aliphatic hydroxyl groups is 1. The molecule has 0 aliphatic heterocycles. The maximum Gasteiger partial charge on any atom is 0.315 e. The van der Waals surface area contributed by atoms with Gasteiger partial charge in [0, 0.05) is 6.04 Å². The second-order valence-electron chi connectivity index (χ2n) is 6.46. The van der Waals surface area contributed by atoms with Gasteiger partial charge in [0.2, 0.25) is 0 Å². The minimum atomic E-state index is -0.164. The van der Waals surface area contributed by atoms with Crippen LogP contribution in [0.15, 0.2) is 0 Å². The number of urea groups is 1. The van der Waals surface area contributed by atoms with Crippen LogP contribution in [0.4, 0.5) is 4.79 Å². The molecule has 4 heteroatoms. The van der Waals surface area contributed by atoms with E-state index in [9.17, 15) is 4.79 Å². The van der Waals surface area contributed by atoms with Gasteiger partial charge in [-0.15, -0.1) is 0 Å². The van der Waals surface area contributed by atoms with E-state index in [1.165, 1.54) is 32.1 Å². The van der Waals surface area contributed by atoms with Crippen LogP contribution in [0.25, 0.3) is 0 Å². The van der Waals surface area contributed by atoms with Gasteiger partial charge < -0.3 is 15.7 Å². The van der Waals surface area contributed by atoms with Crippen LogP contribution in [0.3, 0.4) is 0 Å². The van der Waals surface area contributed by atoms with Crippen LogP contribution in [0.2, 0.25) is 0 Å². The summed E-state index contributed by atoms with van der Waals surface area (Å²) in [5.41, 5.74) is 0. The van der Waals surface area contributed by atoms with Crippen LogP contribution in [0.1, 0.15) is 39.0 Å². The Kier molecular flexibility index (Phi) is 3.22. The summed E-state index contributed by atoms with van der Waals surface area (Å²) in [4.78, 5) is 11.8. The molecule has 0 aromatic heterocycles. The maximum absolute atomic E-state index is 11.8. The molecule has 18 heavy (non-hydrogen) atoms. The van der Waals surface area contributed by atoms with E-state index in [1.807, 2.05) is 6.92 Å². The Morgan fingerprint density at radius 2 is 2.06 bits per heavy atom. The molecule has 2 amide bonds. The summed E-state index contributed by atoms with van der Waals surface area (Å²) in [5, 5.41) is 14.8. The van der Waals surface area contributed by atoms with Crippen molar-refractivity contribution in [2.75, 3.05) is 6.61 Å². The summed E-state index contributed by atoms with van der Waals surface area (Å²) in [6, 6.07) is 0.103. The Hall–Kier alpha value is -0.770. The van der Waals surface area contributed by atoms with Gasteiger partial charge in [0.15, 0.2) is 0 Å². The van der Waals surface area contributed by atoms with E-state index >= 15 is 0 Å². The van der Waals surface area contributed by atoms with Crippen molar-refractivity contribution in [3.8, 4) is 0 Å². The molecule has 3 saturated carbocycles. The summed E-state index contributed by atoms with van der Waals surface area (Å²) in [6.45, 7) is 1.81. The fourth-order valence-electron chi connectivity index (χ4n) is 4.71. The van der Waals surface area contributed by atoms with Crippen molar-refractivity contribution in [2.24, 2.45) is 23.7 Å². The third-order valence-electron chi connectivity index (χ3n) is 5.40. The van der Waals surface area contributed by atoms with Crippen molar-refractivity contribution in [1.29, 1.82) is 0 Å². The van der Waals surface area contributed by atoms with E-state index < -0.39 is 0 Å². The van der Waals surface area contributed by atoms with E-state index in [0.29, 0.717) is 6.04 Å². The molecule has 0 aromatic carbocycles. The molecule has 2 bridgehead atoms. The van der Waals surface area contributed by atoms with Gasteiger partial charge in [0.05, 0.1) is 12.6 Å². The zero-order chi connectivity index (χ0) is 12.7. The van der Waals surface area contributed by atoms with Crippen molar-refractivity contribution in [3.05, 3.63) is 0 Å². The highest BCUT2D eigenvalue weighted by Gasteiger charge is 2.54. The molecule has 6 atom stereocenters. The van der Waals surface area contributed by atoms with Crippen LogP contribution < -0.4 is 10.6 Å². The average molecular weight is 252 g/mol. The molecular formula is C14H24N2O2. The van der Waals surface area contributed by atoms with Crippen LogP contribution in [-0.2, 0) is 0 Å². The number of rotatable bonds is 3. The Balaban J connectivity index is 1.55. The Morgan fingerprint density at radius 3 is 2.83 bits per heavy atom. The minimum Gasteiger partial charge on any atom is -0.394 e. The van der Waals surface area contributed by atoms with Gasteiger partial charge >= 0.3 is 6.03 Å². The third-order valence-corrected chi connectivity index (χ3v) is 5.40. The number of nitrogens with one attached hydrogen (secondary N) is 2. The summed E-state index contributed by atoms with van der Waals surface area (Å²) >= 11 is 0. The molecule has 3 aliphatic carbocycles. The number of carbonyl (C=O) groups is 1. The quantitative estimate of drug-likeness (QED) is 0.712. The van der Waals surface area contributed by atoms with Gasteiger partial charge in [0.1, 0.15) is 0 Å². The van der Waals surface area contributed by atoms with Gasteiger partial charge in [0.25, 0.3) is 0 Å². The highest BCUT2D eigenvalue weighted by molar-refractivity contribution is 5.74. The number of aliphatic hydroxyl groups excluding tert-OH is 1. The molecule has 0 saturated heterocycles. The van der Waals surface area contributed by atoms with E-state index in [1.54, 1.807) is 0 Å². The molecule has 0 heterocycles. The number of fused-ring (bicyclic) bond motifs is 5. The topological polar surface area (TPSA) is 61.4 Å². The van der Waals surface area contributed by atoms with Crippen LogP contribution in [0.5, 0.6) is 0 Å². The van der Waals surface area contributed by atoms with Crippen LogP contribution in [0, 0.1) is 23.7 Å². The zero-order valence-corrected chi connectivity index (χ0v) is 11.1. The fourth-order valence-corrected chi connectivity index (χ4v) is 4.71. The Bertz CT molecular complexity index is 334. The highest BCUT2D eigenvalue weighted by Crippen LogP contribution is 2.58. The SMILES string of the molecule is CC(CO)NC(=O)NC1CC2CC1C1CCCC21. The summed E-state index contributed by atoms with van der Waals surface area (Å²) in [5.74, 6) is 3.43. The van der Waals surface area contributed by atoms with Crippen molar-refractivity contribution in [2.45, 2.75) is 51.1 Å². The van der Waals surface area contributed by atoms with Crippen molar-refractivity contribution < 1.29 is 9.90 Å². The second-order valence-corrected chi connectivity index (χ2v) is 6.46. The largest absolute Gasteiger partial charge is 0.394 e. The first-order chi connectivity index (χ1) is 8.69. The number of amides is 2. The summed E-state index contributed by atoms with van der Waals surface area (Å²) in [7, 11) is 0. The first kappa shape index (κ1) is 12.3. The third kappa shape index (κ3) is 2.00. The molecule has 6 unspecified atom stereocenters. The maximum atomic E-state index is 11.8. The van der Waals surface area contributed by atoms with E-state index in [4.69, 9.17) is 5.11 Å². The van der Waals surface area contributed by atoms with Gasteiger partial charge in [-0.2, -0.15) is 0 Å². The second kappa shape index (κ2) is 4.72. The monoisotopic (exact) mass is 252 g/mol. The molecule has 102 valence electrons. The number of carbonyl (C=O) groups excluding carboxylic acids is 1. The molecule has 3 N–H and O–H groups in total. The van der Waals surface area contributed by atoms with Gasteiger partial charge in [-0.05, 0) is 56.3 Å². The van der Waals surface area contributed by atoms with Crippen LogP contribution in [-0.4, -0.2) is 29.8 Å². The zero-order valence-electron chi connectivity index (χ0n) is 11.1. The molecule has 0 aromatic rings. The van der Waals surface area contributed by atoms with E-state index in [-0.39, 0.29) is 18.7 Å². The average Bonchev–Trinajstić information content (AvgIpc) is 2.98. The molecular weight excluding hydrogens is 228 g/mol. The standard InChI is InChI=1S/C14H24N2O2/c1-8(7-17)15-14(18)16-13-6-9-5-12(13)11-4-2-3-10(9)11/h8-13,17H,2-7H2,1H3,(H2,15,16,18). The normalized spacial score (nSPS) is 42.7. The van der Waals surface area contributed by atoms with Gasteiger partial charge in [-0.3, -0.25) is 0 Å². The summed E-state index contributed by atoms with van der Waals surface area (Å²) < 4.78 is 0. The lowest BCUT2D eigenvalue weighted by Gasteiger charge is -2.32. The van der Waals surface area contributed by atoms with Crippen molar-refractivity contribution in [1.82, 2.24) is 10.6 Å². The molecule has 3 fully saturated rings. The lowest BCUT2D eigenvalue weighted by molar-refractivity contribution is 0.191. The lowest BCUT2D eigenvalue weighted by atomic mass is 9.79. The first-order valence-corrected chi connectivity index (χ1v) is 7.37. The predicted octanol–water partition coefficient (Wildman–Crippen LogP) is 1.49. The van der Waals surface area contributed by atoms with Crippen molar-refractivity contribution >= 4 is 6.03 Å². The smallest absolute Gasteiger partial charge is 0.315 e. The molecule has 3 rings (SSSR count). The molecule has 0 radical (unpaired) electrons. The number of hydrogen-bond acceptors (Lipinski definition) is 2. The molecule has 0 spiro atoms. The van der Waals surface area contributed by atoms with E-state index in [0.717, 1.165) is 23.7 Å². The number of hydrogen-bond donors (Lipinski definition) is 3. The Morgan fingerprint density at radius 1 is 1.28 bits per heavy atom.